The molecule has 2 heteroatoms. The highest BCUT2D eigenvalue weighted by Crippen LogP contribution is 2.37. The highest BCUT2D eigenvalue weighted by atomic mass is 32.1. The Morgan fingerprint density at radius 3 is 2.33 bits per heavy atom. The van der Waals surface area contributed by atoms with E-state index in [2.05, 4.69) is 45.1 Å². The van der Waals surface area contributed by atoms with Crippen molar-refractivity contribution >= 4 is 11.3 Å². The highest BCUT2D eigenvalue weighted by Gasteiger charge is 2.31. The van der Waals surface area contributed by atoms with Crippen LogP contribution >= 0.6 is 11.3 Å². The first-order valence-corrected chi connectivity index (χ1v) is 8.12. The van der Waals surface area contributed by atoms with Crippen LogP contribution in [0.1, 0.15) is 50.3 Å². The Hall–Kier alpha value is -0.340. The van der Waals surface area contributed by atoms with Gasteiger partial charge in [-0.1, -0.05) is 6.92 Å². The zero-order chi connectivity index (χ0) is 13.2. The summed E-state index contributed by atoms with van der Waals surface area (Å²) in [5.41, 5.74) is 0.262. The van der Waals surface area contributed by atoms with Crippen LogP contribution < -0.4 is 5.32 Å². The molecule has 0 aromatic carbocycles. The summed E-state index contributed by atoms with van der Waals surface area (Å²) in [6.45, 7) is 10.2. The lowest BCUT2D eigenvalue weighted by Crippen LogP contribution is -2.44. The first-order chi connectivity index (χ1) is 8.48. The standard InChI is InChI=1S/C16H27NS/c1-5-14-8-9-15(18-14)10-12-6-7-13(12)11-17-16(2,3)4/h8-9,12-13,17H,5-7,10-11H2,1-4H3. The van der Waals surface area contributed by atoms with Gasteiger partial charge in [0, 0.05) is 15.3 Å². The van der Waals surface area contributed by atoms with Crippen LogP contribution in [-0.4, -0.2) is 12.1 Å². The Bertz CT molecular complexity index is 375. The minimum atomic E-state index is 0.262. The van der Waals surface area contributed by atoms with Crippen LogP contribution in [0.5, 0.6) is 0 Å². The zero-order valence-electron chi connectivity index (χ0n) is 12.3. The molecule has 2 rings (SSSR count). The molecule has 1 saturated carbocycles. The summed E-state index contributed by atoms with van der Waals surface area (Å²) in [6, 6.07) is 4.65. The average molecular weight is 265 g/mol. The lowest BCUT2D eigenvalue weighted by atomic mass is 9.71. The molecule has 0 spiro atoms. The summed E-state index contributed by atoms with van der Waals surface area (Å²) in [5, 5.41) is 3.66. The van der Waals surface area contributed by atoms with Crippen LogP contribution in [-0.2, 0) is 12.8 Å². The van der Waals surface area contributed by atoms with E-state index >= 15 is 0 Å². The third kappa shape index (κ3) is 3.83. The summed E-state index contributed by atoms with van der Waals surface area (Å²) in [7, 11) is 0. The van der Waals surface area contributed by atoms with Crippen molar-refractivity contribution in [2.75, 3.05) is 6.54 Å². The number of aryl methyl sites for hydroxylation is 1. The van der Waals surface area contributed by atoms with Gasteiger partial charge in [-0.05, 0) is 77.0 Å². The van der Waals surface area contributed by atoms with E-state index in [1.165, 1.54) is 37.1 Å². The van der Waals surface area contributed by atoms with Gasteiger partial charge in [-0.25, -0.2) is 0 Å². The largest absolute Gasteiger partial charge is 0.312 e. The van der Waals surface area contributed by atoms with E-state index < -0.39 is 0 Å². The van der Waals surface area contributed by atoms with Crippen molar-refractivity contribution in [3.05, 3.63) is 21.9 Å². The molecule has 1 aromatic heterocycles. The topological polar surface area (TPSA) is 12.0 Å². The van der Waals surface area contributed by atoms with E-state index in [0.717, 1.165) is 11.8 Å². The normalized spacial score (nSPS) is 24.0. The van der Waals surface area contributed by atoms with Gasteiger partial charge in [0.1, 0.15) is 0 Å². The van der Waals surface area contributed by atoms with Gasteiger partial charge in [-0.15, -0.1) is 11.3 Å². The van der Waals surface area contributed by atoms with Crippen LogP contribution in [0.2, 0.25) is 0 Å². The SMILES string of the molecule is CCc1ccc(CC2CCC2CNC(C)(C)C)s1. The van der Waals surface area contributed by atoms with Crippen molar-refractivity contribution in [1.82, 2.24) is 5.32 Å². The van der Waals surface area contributed by atoms with Gasteiger partial charge in [0.25, 0.3) is 0 Å². The Balaban J connectivity index is 1.80. The number of nitrogens with one attached hydrogen (secondary N) is 1. The smallest absolute Gasteiger partial charge is 0.00966 e. The first kappa shape index (κ1) is 14.1. The molecule has 1 nitrogen and oxygen atoms in total. The van der Waals surface area contributed by atoms with E-state index in [0.29, 0.717) is 0 Å². The van der Waals surface area contributed by atoms with Crippen molar-refractivity contribution in [3.8, 4) is 0 Å². The molecule has 18 heavy (non-hydrogen) atoms. The maximum atomic E-state index is 3.66. The Morgan fingerprint density at radius 2 is 1.83 bits per heavy atom. The van der Waals surface area contributed by atoms with Crippen molar-refractivity contribution in [3.63, 3.8) is 0 Å². The summed E-state index contributed by atoms with van der Waals surface area (Å²) < 4.78 is 0. The fourth-order valence-corrected chi connectivity index (χ4v) is 3.64. The van der Waals surface area contributed by atoms with Crippen molar-refractivity contribution < 1.29 is 0 Å². The first-order valence-electron chi connectivity index (χ1n) is 7.30. The molecule has 0 bridgehead atoms. The molecule has 1 aliphatic carbocycles. The van der Waals surface area contributed by atoms with Crippen LogP contribution in [0.4, 0.5) is 0 Å². The Labute approximate surface area is 116 Å². The van der Waals surface area contributed by atoms with Gasteiger partial charge in [0.05, 0.1) is 0 Å². The van der Waals surface area contributed by atoms with Crippen LogP contribution in [0, 0.1) is 11.8 Å². The second-order valence-electron chi connectivity index (χ2n) is 6.65. The molecule has 1 fully saturated rings. The summed E-state index contributed by atoms with van der Waals surface area (Å²) >= 11 is 2.02. The van der Waals surface area contributed by atoms with Gasteiger partial charge in [-0.2, -0.15) is 0 Å². The fourth-order valence-electron chi connectivity index (χ4n) is 2.59. The number of rotatable bonds is 5. The molecular formula is C16H27NS. The maximum Gasteiger partial charge on any atom is 0.00966 e. The molecule has 102 valence electrons. The average Bonchev–Trinajstić information content (AvgIpc) is 2.70. The van der Waals surface area contributed by atoms with Gasteiger partial charge >= 0.3 is 0 Å². The predicted octanol–water partition coefficient (Wildman–Crippen LogP) is 4.27. The molecule has 1 heterocycles. The number of hydrogen-bond acceptors (Lipinski definition) is 2. The van der Waals surface area contributed by atoms with E-state index in [1.807, 2.05) is 11.3 Å². The molecular weight excluding hydrogens is 238 g/mol. The third-order valence-corrected chi connectivity index (χ3v) is 5.25. The quantitative estimate of drug-likeness (QED) is 0.838. The minimum absolute atomic E-state index is 0.262. The van der Waals surface area contributed by atoms with E-state index in [-0.39, 0.29) is 5.54 Å². The second kappa shape index (κ2) is 5.75. The Morgan fingerprint density at radius 1 is 1.17 bits per heavy atom. The second-order valence-corrected chi connectivity index (χ2v) is 7.91. The Kier molecular flexibility index (Phi) is 4.50. The molecule has 0 aliphatic heterocycles. The van der Waals surface area contributed by atoms with E-state index in [1.54, 1.807) is 4.88 Å². The fraction of sp³-hybridized carbons (Fsp3) is 0.750. The summed E-state index contributed by atoms with van der Waals surface area (Å²) in [5.74, 6) is 1.82. The van der Waals surface area contributed by atoms with Gasteiger partial charge in [0.2, 0.25) is 0 Å². The summed E-state index contributed by atoms with van der Waals surface area (Å²) in [6.07, 6.45) is 5.33. The molecule has 2 unspecified atom stereocenters. The molecule has 0 radical (unpaired) electrons. The molecule has 1 aliphatic rings. The monoisotopic (exact) mass is 265 g/mol. The van der Waals surface area contributed by atoms with Crippen molar-refractivity contribution in [1.29, 1.82) is 0 Å². The van der Waals surface area contributed by atoms with Crippen LogP contribution in [0.15, 0.2) is 12.1 Å². The van der Waals surface area contributed by atoms with Crippen molar-refractivity contribution in [2.45, 2.75) is 58.9 Å². The molecule has 1 aromatic rings. The third-order valence-electron chi connectivity index (χ3n) is 4.00. The van der Waals surface area contributed by atoms with Gasteiger partial charge in [0.15, 0.2) is 0 Å². The van der Waals surface area contributed by atoms with Crippen LogP contribution in [0.25, 0.3) is 0 Å². The van der Waals surface area contributed by atoms with Gasteiger partial charge in [-0.3, -0.25) is 0 Å². The maximum absolute atomic E-state index is 3.66. The lowest BCUT2D eigenvalue weighted by Gasteiger charge is -2.38. The molecule has 0 amide bonds. The number of thiophene rings is 1. The molecule has 2 atom stereocenters. The minimum Gasteiger partial charge on any atom is -0.312 e. The summed E-state index contributed by atoms with van der Waals surface area (Å²) in [4.78, 5) is 3.13. The van der Waals surface area contributed by atoms with Crippen LogP contribution in [0.3, 0.4) is 0 Å². The van der Waals surface area contributed by atoms with Crippen molar-refractivity contribution in [2.24, 2.45) is 11.8 Å². The molecule has 1 N–H and O–H groups in total. The van der Waals surface area contributed by atoms with Gasteiger partial charge < -0.3 is 5.32 Å². The zero-order valence-corrected chi connectivity index (χ0v) is 13.1. The lowest BCUT2D eigenvalue weighted by molar-refractivity contribution is 0.160. The molecule has 0 saturated heterocycles. The van der Waals surface area contributed by atoms with E-state index in [9.17, 15) is 0 Å². The predicted molar refractivity (Wildman–Crippen MR) is 81.4 cm³/mol. The highest BCUT2D eigenvalue weighted by molar-refractivity contribution is 7.11. The number of hydrogen-bond donors (Lipinski definition) is 1. The van der Waals surface area contributed by atoms with E-state index in [4.69, 9.17) is 0 Å².